The van der Waals surface area contributed by atoms with Crippen LogP contribution in [0.3, 0.4) is 0 Å². The van der Waals surface area contributed by atoms with E-state index in [0.29, 0.717) is 12.0 Å². The molecular formula is C15H19NO3. The predicted molar refractivity (Wildman–Crippen MR) is 74.8 cm³/mol. The first-order valence-electron chi connectivity index (χ1n) is 6.41. The molecule has 0 saturated heterocycles. The number of hydrogen-bond donors (Lipinski definition) is 2. The average molecular weight is 261 g/mol. The Labute approximate surface area is 112 Å². The first kappa shape index (κ1) is 13.6. The smallest absolute Gasteiger partial charge is 0.335 e. The number of rotatable bonds is 4. The van der Waals surface area contributed by atoms with Crippen molar-refractivity contribution in [3.8, 4) is 0 Å². The molecule has 0 bridgehead atoms. The van der Waals surface area contributed by atoms with E-state index in [4.69, 9.17) is 10.2 Å². The Balaban J connectivity index is 2.71. The molecule has 4 heteroatoms. The van der Waals surface area contributed by atoms with Gasteiger partial charge in [-0.1, -0.05) is 0 Å². The van der Waals surface area contributed by atoms with Gasteiger partial charge in [0.2, 0.25) is 0 Å². The zero-order valence-corrected chi connectivity index (χ0v) is 11.5. The first-order chi connectivity index (χ1) is 8.97. The van der Waals surface area contributed by atoms with Crippen LogP contribution in [0.2, 0.25) is 0 Å². The van der Waals surface area contributed by atoms with Crippen molar-refractivity contribution in [1.82, 2.24) is 4.57 Å². The Morgan fingerprint density at radius 1 is 1.26 bits per heavy atom. The zero-order chi connectivity index (χ0) is 14.2. The van der Waals surface area contributed by atoms with Gasteiger partial charge in [0.1, 0.15) is 0 Å². The second-order valence-electron chi connectivity index (χ2n) is 4.93. The van der Waals surface area contributed by atoms with Crippen LogP contribution in [0.5, 0.6) is 0 Å². The van der Waals surface area contributed by atoms with Gasteiger partial charge in [-0.25, -0.2) is 4.79 Å². The van der Waals surface area contributed by atoms with E-state index >= 15 is 0 Å². The Morgan fingerprint density at radius 2 is 1.95 bits per heavy atom. The Hall–Kier alpha value is -1.81. The lowest BCUT2D eigenvalue weighted by atomic mass is 10.0. The maximum absolute atomic E-state index is 11.1. The van der Waals surface area contributed by atoms with Crippen LogP contribution in [-0.2, 0) is 6.54 Å². The number of benzene rings is 1. The third-order valence-electron chi connectivity index (χ3n) is 3.71. The molecule has 0 amide bonds. The molecule has 2 aromatic rings. The van der Waals surface area contributed by atoms with Crippen LogP contribution in [-0.4, -0.2) is 27.4 Å². The van der Waals surface area contributed by atoms with Crippen molar-refractivity contribution in [3.05, 3.63) is 34.5 Å². The Kier molecular flexibility index (Phi) is 3.62. The molecule has 4 nitrogen and oxygen atoms in total. The van der Waals surface area contributed by atoms with Gasteiger partial charge >= 0.3 is 5.97 Å². The highest BCUT2D eigenvalue weighted by molar-refractivity contribution is 5.97. The summed E-state index contributed by atoms with van der Waals surface area (Å²) in [5.41, 5.74) is 4.61. The molecule has 0 aliphatic carbocycles. The molecule has 102 valence electrons. The number of carboxylic acids is 1. The standard InChI is InChI=1S/C15H19NO3/c1-9-7-12(15(18)19)8-13-10(2)11(3)16(14(9)13)5-4-6-17/h7-8,17H,4-6H2,1-3H3,(H,18,19). The lowest BCUT2D eigenvalue weighted by molar-refractivity contribution is 0.0697. The molecular weight excluding hydrogens is 242 g/mol. The molecule has 1 heterocycles. The first-order valence-corrected chi connectivity index (χ1v) is 6.41. The molecule has 0 atom stereocenters. The summed E-state index contributed by atoms with van der Waals surface area (Å²) >= 11 is 0. The number of nitrogens with zero attached hydrogens (tertiary/aromatic N) is 1. The summed E-state index contributed by atoms with van der Waals surface area (Å²) in [4.78, 5) is 11.1. The number of carbonyl (C=O) groups is 1. The summed E-state index contributed by atoms with van der Waals surface area (Å²) in [6.45, 7) is 6.89. The molecule has 0 aliphatic heterocycles. The number of fused-ring (bicyclic) bond motifs is 1. The van der Waals surface area contributed by atoms with Gasteiger partial charge in [0.05, 0.1) is 11.1 Å². The number of aliphatic hydroxyl groups excluding tert-OH is 1. The molecule has 1 aromatic carbocycles. The number of aryl methyl sites for hydroxylation is 3. The zero-order valence-electron chi connectivity index (χ0n) is 11.5. The lowest BCUT2D eigenvalue weighted by Crippen LogP contribution is -2.04. The second-order valence-corrected chi connectivity index (χ2v) is 4.93. The van der Waals surface area contributed by atoms with E-state index < -0.39 is 5.97 Å². The third-order valence-corrected chi connectivity index (χ3v) is 3.71. The minimum atomic E-state index is -0.898. The molecule has 2 N–H and O–H groups in total. The average Bonchev–Trinajstić information content (AvgIpc) is 2.61. The van der Waals surface area contributed by atoms with Gasteiger partial charge in [-0.05, 0) is 50.5 Å². The van der Waals surface area contributed by atoms with Gasteiger partial charge in [0.15, 0.2) is 0 Å². The predicted octanol–water partition coefficient (Wildman–Crippen LogP) is 2.65. The van der Waals surface area contributed by atoms with Crippen molar-refractivity contribution in [1.29, 1.82) is 0 Å². The molecule has 0 saturated carbocycles. The maximum atomic E-state index is 11.1. The monoisotopic (exact) mass is 261 g/mol. The fraction of sp³-hybridized carbons (Fsp3) is 0.400. The molecule has 0 unspecified atom stereocenters. The van der Waals surface area contributed by atoms with E-state index in [1.807, 2.05) is 20.8 Å². The quantitative estimate of drug-likeness (QED) is 0.889. The molecule has 1 aromatic heterocycles. The number of aromatic nitrogens is 1. The van der Waals surface area contributed by atoms with Crippen molar-refractivity contribution in [2.45, 2.75) is 33.7 Å². The minimum Gasteiger partial charge on any atom is -0.478 e. The van der Waals surface area contributed by atoms with Gasteiger partial charge in [0.25, 0.3) is 0 Å². The Bertz CT molecular complexity index is 641. The van der Waals surface area contributed by atoms with E-state index in [2.05, 4.69) is 4.57 Å². The van der Waals surface area contributed by atoms with Gasteiger partial charge in [-0.3, -0.25) is 0 Å². The van der Waals surface area contributed by atoms with Crippen LogP contribution in [0.25, 0.3) is 10.9 Å². The second kappa shape index (κ2) is 5.05. The van der Waals surface area contributed by atoms with Crippen molar-refractivity contribution < 1.29 is 15.0 Å². The fourth-order valence-electron chi connectivity index (χ4n) is 2.62. The van der Waals surface area contributed by atoms with Crippen molar-refractivity contribution in [2.24, 2.45) is 0 Å². The van der Waals surface area contributed by atoms with Crippen molar-refractivity contribution in [3.63, 3.8) is 0 Å². The Morgan fingerprint density at radius 3 is 2.53 bits per heavy atom. The molecule has 0 fully saturated rings. The van der Waals surface area contributed by atoms with Gasteiger partial charge in [0, 0.05) is 24.2 Å². The molecule has 0 radical (unpaired) electrons. The van der Waals surface area contributed by atoms with Crippen LogP contribution in [0.1, 0.15) is 33.6 Å². The minimum absolute atomic E-state index is 0.157. The molecule has 19 heavy (non-hydrogen) atoms. The fourth-order valence-corrected chi connectivity index (χ4v) is 2.62. The highest BCUT2D eigenvalue weighted by atomic mass is 16.4. The van der Waals surface area contributed by atoms with Gasteiger partial charge in [-0.2, -0.15) is 0 Å². The van der Waals surface area contributed by atoms with E-state index in [9.17, 15) is 4.79 Å². The van der Waals surface area contributed by atoms with Crippen LogP contribution in [0.4, 0.5) is 0 Å². The van der Waals surface area contributed by atoms with Crippen LogP contribution in [0, 0.1) is 20.8 Å². The maximum Gasteiger partial charge on any atom is 0.335 e. The summed E-state index contributed by atoms with van der Waals surface area (Å²) in [6, 6.07) is 3.45. The summed E-state index contributed by atoms with van der Waals surface area (Å²) in [7, 11) is 0. The van der Waals surface area contributed by atoms with Crippen molar-refractivity contribution in [2.75, 3.05) is 6.61 Å². The van der Waals surface area contributed by atoms with E-state index in [0.717, 1.165) is 34.3 Å². The third kappa shape index (κ3) is 2.24. The summed E-state index contributed by atoms with van der Waals surface area (Å²) in [6.07, 6.45) is 0.699. The lowest BCUT2D eigenvalue weighted by Gasteiger charge is -2.09. The number of aromatic carboxylic acids is 1. The number of aliphatic hydroxyl groups is 1. The van der Waals surface area contributed by atoms with E-state index in [1.54, 1.807) is 12.1 Å². The molecule has 2 rings (SSSR count). The normalized spacial score (nSPS) is 11.2. The summed E-state index contributed by atoms with van der Waals surface area (Å²) < 4.78 is 2.17. The van der Waals surface area contributed by atoms with E-state index in [1.165, 1.54) is 0 Å². The van der Waals surface area contributed by atoms with Crippen LogP contribution >= 0.6 is 0 Å². The number of hydrogen-bond acceptors (Lipinski definition) is 2. The summed E-state index contributed by atoms with van der Waals surface area (Å²) in [5, 5.41) is 19.1. The van der Waals surface area contributed by atoms with Crippen molar-refractivity contribution >= 4 is 16.9 Å². The summed E-state index contributed by atoms with van der Waals surface area (Å²) in [5.74, 6) is -0.898. The SMILES string of the molecule is Cc1c(C)n(CCCO)c2c(C)cc(C(=O)O)cc12. The number of carboxylic acid groups (broad SMARTS) is 1. The van der Waals surface area contributed by atoms with E-state index in [-0.39, 0.29) is 6.61 Å². The van der Waals surface area contributed by atoms with Gasteiger partial charge in [-0.15, -0.1) is 0 Å². The highest BCUT2D eigenvalue weighted by Gasteiger charge is 2.15. The van der Waals surface area contributed by atoms with Crippen LogP contribution in [0.15, 0.2) is 12.1 Å². The largest absolute Gasteiger partial charge is 0.478 e. The highest BCUT2D eigenvalue weighted by Crippen LogP contribution is 2.29. The van der Waals surface area contributed by atoms with Gasteiger partial charge < -0.3 is 14.8 Å². The molecule has 0 aliphatic rings. The topological polar surface area (TPSA) is 62.5 Å². The van der Waals surface area contributed by atoms with Crippen LogP contribution < -0.4 is 0 Å². The molecule has 0 spiro atoms.